The van der Waals surface area contributed by atoms with E-state index in [0.29, 0.717) is 11.3 Å². The molecule has 1 aliphatic heterocycles. The van der Waals surface area contributed by atoms with Gasteiger partial charge in [-0.25, -0.2) is 4.39 Å². The Morgan fingerprint density at radius 1 is 0.750 bits per heavy atom. The topological polar surface area (TPSA) is 37.4 Å². The van der Waals surface area contributed by atoms with Gasteiger partial charge in [0, 0.05) is 16.8 Å². The number of carbonyl (C=O) groups excluding carboxylic acids is 2. The van der Waals surface area contributed by atoms with Gasteiger partial charge >= 0.3 is 0 Å². The van der Waals surface area contributed by atoms with Crippen molar-refractivity contribution in [2.24, 2.45) is 0 Å². The first-order valence-electron chi connectivity index (χ1n) is 8.69. The van der Waals surface area contributed by atoms with E-state index in [4.69, 9.17) is 11.6 Å². The molecule has 0 radical (unpaired) electrons. The molecule has 138 valence electrons. The zero-order valence-corrected chi connectivity index (χ0v) is 15.4. The summed E-state index contributed by atoms with van der Waals surface area (Å²) in [7, 11) is 0. The number of ketones is 1. The minimum atomic E-state index is -2.90. The molecule has 1 heterocycles. The Hall–Kier alpha value is -3.24. The average molecular weight is 392 g/mol. The van der Waals surface area contributed by atoms with Gasteiger partial charge in [0.15, 0.2) is 0 Å². The van der Waals surface area contributed by atoms with Crippen molar-refractivity contribution in [2.45, 2.75) is 5.67 Å². The van der Waals surface area contributed by atoms with E-state index in [9.17, 15) is 9.59 Å². The summed E-state index contributed by atoms with van der Waals surface area (Å²) in [6.45, 7) is 0. The summed E-state index contributed by atoms with van der Waals surface area (Å²) < 4.78 is 16.1. The van der Waals surface area contributed by atoms with E-state index in [1.165, 1.54) is 17.0 Å². The summed E-state index contributed by atoms with van der Waals surface area (Å²) in [4.78, 5) is 27.6. The fraction of sp³-hybridized carbons (Fsp3) is 0.0435. The highest BCUT2D eigenvalue weighted by molar-refractivity contribution is 6.52. The fourth-order valence-electron chi connectivity index (χ4n) is 3.31. The first-order valence-corrected chi connectivity index (χ1v) is 9.07. The second kappa shape index (κ2) is 7.06. The number of rotatable bonds is 3. The van der Waals surface area contributed by atoms with Gasteiger partial charge in [-0.2, -0.15) is 0 Å². The van der Waals surface area contributed by atoms with Crippen LogP contribution in [0, 0.1) is 0 Å². The van der Waals surface area contributed by atoms with E-state index in [0.717, 1.165) is 0 Å². The number of anilines is 1. The number of nitrogens with zero attached hydrogens (tertiary/aromatic N) is 1. The highest BCUT2D eigenvalue weighted by atomic mass is 35.5. The largest absolute Gasteiger partial charge is 0.288 e. The number of Topliss-reactive ketones (excluding diaryl/α,β-unsaturated/α-hetero) is 1. The summed E-state index contributed by atoms with van der Waals surface area (Å²) in [6, 6.07) is 25.1. The van der Waals surface area contributed by atoms with Crippen molar-refractivity contribution >= 4 is 34.7 Å². The third-order valence-electron chi connectivity index (χ3n) is 4.67. The van der Waals surface area contributed by atoms with Gasteiger partial charge in [-0.1, -0.05) is 90.5 Å². The number of allylic oxidation sites excluding steroid dienone is 1. The number of alkyl halides is 1. The molecule has 0 unspecified atom stereocenters. The Bertz CT molecular complexity index is 1070. The minimum Gasteiger partial charge on any atom is -0.288 e. The van der Waals surface area contributed by atoms with Crippen molar-refractivity contribution in [1.82, 2.24) is 0 Å². The Morgan fingerprint density at radius 3 is 1.82 bits per heavy atom. The van der Waals surface area contributed by atoms with Crippen LogP contribution in [0.3, 0.4) is 0 Å². The summed E-state index contributed by atoms with van der Waals surface area (Å²) in [5, 5.41) is -0.319. The predicted octanol–water partition coefficient (Wildman–Crippen LogP) is 5.07. The Morgan fingerprint density at radius 2 is 1.25 bits per heavy atom. The number of carbonyl (C=O) groups is 2. The lowest BCUT2D eigenvalue weighted by molar-refractivity contribution is -0.141. The van der Waals surface area contributed by atoms with Crippen LogP contribution >= 0.6 is 11.6 Å². The Balaban J connectivity index is 2.00. The highest BCUT2D eigenvalue weighted by Crippen LogP contribution is 2.44. The van der Waals surface area contributed by atoms with Gasteiger partial charge in [0.2, 0.25) is 5.78 Å². The lowest BCUT2D eigenvalue weighted by Crippen LogP contribution is -2.53. The van der Waals surface area contributed by atoms with Gasteiger partial charge in [-0.15, -0.1) is 0 Å². The summed E-state index contributed by atoms with van der Waals surface area (Å²) in [6.07, 6.45) is 0. The van der Waals surface area contributed by atoms with Crippen LogP contribution in [0.2, 0.25) is 0 Å². The van der Waals surface area contributed by atoms with Crippen molar-refractivity contribution in [3.05, 3.63) is 107 Å². The zero-order valence-electron chi connectivity index (χ0n) is 14.7. The maximum atomic E-state index is 16.1. The maximum absolute atomic E-state index is 16.1. The van der Waals surface area contributed by atoms with Crippen molar-refractivity contribution in [3.63, 3.8) is 0 Å². The van der Waals surface area contributed by atoms with Crippen molar-refractivity contribution < 1.29 is 14.0 Å². The lowest BCUT2D eigenvalue weighted by Gasteiger charge is -2.37. The molecule has 1 amide bonds. The van der Waals surface area contributed by atoms with Crippen molar-refractivity contribution in [3.8, 4) is 0 Å². The third kappa shape index (κ3) is 2.74. The molecule has 3 aromatic rings. The van der Waals surface area contributed by atoms with E-state index in [-0.39, 0.29) is 16.3 Å². The van der Waals surface area contributed by atoms with Gasteiger partial charge in [0.1, 0.15) is 5.03 Å². The summed E-state index contributed by atoms with van der Waals surface area (Å²) in [5.74, 6) is -2.05. The molecule has 28 heavy (non-hydrogen) atoms. The molecule has 0 aromatic heterocycles. The van der Waals surface area contributed by atoms with Crippen LogP contribution in [0.4, 0.5) is 10.1 Å². The number of para-hydroxylation sites is 1. The monoisotopic (exact) mass is 391 g/mol. The molecule has 4 rings (SSSR count). The number of benzene rings is 3. The quantitative estimate of drug-likeness (QED) is 0.584. The molecule has 0 N–H and O–H groups in total. The third-order valence-corrected chi connectivity index (χ3v) is 5.03. The Labute approximate surface area is 166 Å². The number of halogens is 2. The highest BCUT2D eigenvalue weighted by Gasteiger charge is 2.56. The SMILES string of the molecule is O=C1C(Cl)=C(c2ccccc2)N(c2ccccc2)C(=O)[C@]1(F)c1ccccc1. The van der Waals surface area contributed by atoms with Crippen molar-refractivity contribution in [1.29, 1.82) is 0 Å². The first kappa shape index (κ1) is 18.1. The van der Waals surface area contributed by atoms with Crippen LogP contribution < -0.4 is 4.90 Å². The minimum absolute atomic E-state index is 0.0452. The van der Waals surface area contributed by atoms with Gasteiger partial charge in [0.25, 0.3) is 11.6 Å². The van der Waals surface area contributed by atoms with Gasteiger partial charge in [-0.3, -0.25) is 14.5 Å². The van der Waals surface area contributed by atoms with Crippen molar-refractivity contribution in [2.75, 3.05) is 4.90 Å². The van der Waals surface area contributed by atoms with Gasteiger partial charge < -0.3 is 0 Å². The summed E-state index contributed by atoms with van der Waals surface area (Å²) in [5.41, 5.74) is -1.79. The van der Waals surface area contributed by atoms with Crippen LogP contribution in [-0.4, -0.2) is 11.7 Å². The molecule has 0 bridgehead atoms. The molecule has 0 saturated heterocycles. The molecule has 1 aliphatic rings. The molecule has 0 fully saturated rings. The molecule has 5 heteroatoms. The fourth-order valence-corrected chi connectivity index (χ4v) is 3.63. The average Bonchev–Trinajstić information content (AvgIpc) is 2.76. The predicted molar refractivity (Wildman–Crippen MR) is 107 cm³/mol. The van der Waals surface area contributed by atoms with E-state index in [1.54, 1.807) is 78.9 Å². The van der Waals surface area contributed by atoms with E-state index >= 15 is 4.39 Å². The smallest absolute Gasteiger partial charge is 0.282 e. The van der Waals surface area contributed by atoms with Gasteiger partial charge in [-0.05, 0) is 12.1 Å². The molecule has 0 aliphatic carbocycles. The van der Waals surface area contributed by atoms with Crippen LogP contribution in [-0.2, 0) is 15.3 Å². The van der Waals surface area contributed by atoms with E-state index < -0.39 is 17.4 Å². The molecular formula is C23H15ClFNO2. The zero-order chi connectivity index (χ0) is 19.7. The molecule has 3 nitrogen and oxygen atoms in total. The Kier molecular flexibility index (Phi) is 4.57. The molecule has 1 atom stereocenters. The van der Waals surface area contributed by atoms with Crippen LogP contribution in [0.1, 0.15) is 11.1 Å². The molecule has 0 saturated carbocycles. The van der Waals surface area contributed by atoms with E-state index in [2.05, 4.69) is 0 Å². The lowest BCUT2D eigenvalue weighted by atomic mass is 9.85. The standard InChI is InChI=1S/C23H15ClFNO2/c24-19-20(16-10-4-1-5-11-16)26(18-14-8-3-9-15-18)22(28)23(25,21(19)27)17-12-6-2-7-13-17/h1-15H/t23-/m0/s1. The maximum Gasteiger partial charge on any atom is 0.282 e. The second-order valence-electron chi connectivity index (χ2n) is 6.36. The van der Waals surface area contributed by atoms with Crippen LogP contribution in [0.25, 0.3) is 5.70 Å². The first-order chi connectivity index (χ1) is 13.5. The number of hydrogen-bond donors (Lipinski definition) is 0. The molecule has 0 spiro atoms. The summed E-state index contributed by atoms with van der Waals surface area (Å²) >= 11 is 6.41. The molecule has 3 aromatic carbocycles. The van der Waals surface area contributed by atoms with Gasteiger partial charge in [0.05, 0.1) is 5.70 Å². The molecular weight excluding hydrogens is 377 g/mol. The normalized spacial score (nSPS) is 19.9. The second-order valence-corrected chi connectivity index (χ2v) is 6.74. The van der Waals surface area contributed by atoms with Crippen LogP contribution in [0.5, 0.6) is 0 Å². The van der Waals surface area contributed by atoms with Crippen LogP contribution in [0.15, 0.2) is 96.0 Å². The van der Waals surface area contributed by atoms with E-state index in [1.807, 2.05) is 0 Å². The number of hydrogen-bond acceptors (Lipinski definition) is 2. The number of amides is 1.